The first-order valence-electron chi connectivity index (χ1n) is 6.38. The van der Waals surface area contributed by atoms with Crippen LogP contribution in [-0.4, -0.2) is 71.2 Å². The largest absolute Gasteiger partial charge is 0.480 e. The lowest BCUT2D eigenvalue weighted by atomic mass is 10.2. The van der Waals surface area contributed by atoms with Crippen molar-refractivity contribution in [3.8, 4) is 0 Å². The zero-order valence-electron chi connectivity index (χ0n) is 10.8. The minimum Gasteiger partial charge on any atom is -0.480 e. The second kappa shape index (κ2) is 7.33. The summed E-state index contributed by atoms with van der Waals surface area (Å²) in [7, 11) is 1.89. The van der Waals surface area contributed by atoms with E-state index in [2.05, 4.69) is 0 Å². The van der Waals surface area contributed by atoms with Gasteiger partial charge in [-0.3, -0.25) is 4.79 Å². The molecule has 0 aromatic heterocycles. The highest BCUT2D eigenvalue weighted by atomic mass is 16.4. The highest BCUT2D eigenvalue weighted by Crippen LogP contribution is 2.18. The van der Waals surface area contributed by atoms with E-state index in [1.54, 1.807) is 0 Å². The van der Waals surface area contributed by atoms with Gasteiger partial charge < -0.3 is 20.0 Å². The van der Waals surface area contributed by atoms with E-state index in [4.69, 9.17) is 10.2 Å². The summed E-state index contributed by atoms with van der Waals surface area (Å²) in [5, 5.41) is 17.7. The molecule has 0 aromatic carbocycles. The van der Waals surface area contributed by atoms with Crippen LogP contribution in [0.4, 0.5) is 0 Å². The van der Waals surface area contributed by atoms with E-state index in [1.807, 2.05) is 11.9 Å². The first-order chi connectivity index (χ1) is 8.56. The molecule has 1 saturated heterocycles. The number of aliphatic hydroxyl groups is 1. The Kier molecular flexibility index (Phi) is 6.07. The van der Waals surface area contributed by atoms with E-state index >= 15 is 0 Å². The van der Waals surface area contributed by atoms with Crippen LogP contribution in [-0.2, 0) is 9.59 Å². The highest BCUT2D eigenvalue weighted by molar-refractivity contribution is 5.84. The molecule has 0 aromatic rings. The molecular formula is C12H22N2O4. The van der Waals surface area contributed by atoms with E-state index in [9.17, 15) is 9.59 Å². The van der Waals surface area contributed by atoms with Gasteiger partial charge >= 0.3 is 5.97 Å². The Labute approximate surface area is 107 Å². The molecule has 6 nitrogen and oxygen atoms in total. The van der Waals surface area contributed by atoms with Crippen LogP contribution in [0.3, 0.4) is 0 Å². The Morgan fingerprint density at radius 3 is 2.72 bits per heavy atom. The zero-order valence-corrected chi connectivity index (χ0v) is 10.8. The number of carbonyl (C=O) groups is 2. The normalized spacial score (nSPS) is 19.5. The van der Waals surface area contributed by atoms with Crippen molar-refractivity contribution in [2.45, 2.75) is 31.7 Å². The number of amides is 1. The number of carboxylic acids is 1. The summed E-state index contributed by atoms with van der Waals surface area (Å²) in [6.45, 7) is 1.99. The van der Waals surface area contributed by atoms with Gasteiger partial charge in [-0.05, 0) is 32.9 Å². The fourth-order valence-corrected chi connectivity index (χ4v) is 2.25. The number of nitrogens with zero attached hydrogens (tertiary/aromatic N) is 2. The van der Waals surface area contributed by atoms with Crippen LogP contribution >= 0.6 is 0 Å². The molecule has 2 N–H and O–H groups in total. The van der Waals surface area contributed by atoms with Gasteiger partial charge in [0.05, 0.1) is 6.61 Å². The third kappa shape index (κ3) is 4.27. The van der Waals surface area contributed by atoms with E-state index in [0.29, 0.717) is 32.4 Å². The first kappa shape index (κ1) is 14.9. The van der Waals surface area contributed by atoms with Crippen LogP contribution in [0.1, 0.15) is 25.7 Å². The molecule has 0 radical (unpaired) electrons. The summed E-state index contributed by atoms with van der Waals surface area (Å²) in [6.07, 6.45) is 2.40. The van der Waals surface area contributed by atoms with Gasteiger partial charge in [0.15, 0.2) is 0 Å². The van der Waals surface area contributed by atoms with Gasteiger partial charge in [0.25, 0.3) is 0 Å². The minimum atomic E-state index is -0.904. The Bertz CT molecular complexity index is 296. The van der Waals surface area contributed by atoms with Crippen molar-refractivity contribution >= 4 is 11.9 Å². The van der Waals surface area contributed by atoms with Crippen LogP contribution in [0, 0.1) is 0 Å². The molecule has 0 spiro atoms. The maximum absolute atomic E-state index is 11.9. The lowest BCUT2D eigenvalue weighted by molar-refractivity contribution is -0.148. The predicted octanol–water partition coefficient (Wildman–Crippen LogP) is -0.234. The summed E-state index contributed by atoms with van der Waals surface area (Å²) in [5.41, 5.74) is 0. The molecule has 0 bridgehead atoms. The molecule has 1 heterocycles. The van der Waals surface area contributed by atoms with E-state index in [0.717, 1.165) is 13.0 Å². The Hall–Kier alpha value is -1.14. The summed E-state index contributed by atoms with van der Waals surface area (Å²) >= 11 is 0. The number of aliphatic hydroxyl groups excluding tert-OH is 1. The number of carboxylic acid groups (broad SMARTS) is 1. The standard InChI is InChI=1S/C12H22N2O4/c1-13(8-9-15)6-3-5-11(16)14-7-2-4-10(14)12(17)18/h10,15H,2-9H2,1H3,(H,17,18). The number of rotatable bonds is 7. The Morgan fingerprint density at radius 1 is 1.39 bits per heavy atom. The van der Waals surface area contributed by atoms with Gasteiger partial charge in [0.2, 0.25) is 5.91 Å². The topological polar surface area (TPSA) is 81.1 Å². The smallest absolute Gasteiger partial charge is 0.326 e. The molecule has 104 valence electrons. The number of hydrogen-bond acceptors (Lipinski definition) is 4. The first-order valence-corrected chi connectivity index (χ1v) is 6.38. The lowest BCUT2D eigenvalue weighted by Gasteiger charge is -2.22. The summed E-state index contributed by atoms with van der Waals surface area (Å²) in [6, 6.07) is -0.632. The second-order valence-corrected chi connectivity index (χ2v) is 4.71. The van der Waals surface area contributed by atoms with Gasteiger partial charge in [-0.2, -0.15) is 0 Å². The van der Waals surface area contributed by atoms with Gasteiger partial charge in [-0.1, -0.05) is 0 Å². The fraction of sp³-hybridized carbons (Fsp3) is 0.833. The van der Waals surface area contributed by atoms with Crippen LogP contribution in [0.2, 0.25) is 0 Å². The highest BCUT2D eigenvalue weighted by Gasteiger charge is 2.33. The number of likely N-dealkylation sites (N-methyl/N-ethyl adjacent to an activating group) is 1. The van der Waals surface area contributed by atoms with Crippen molar-refractivity contribution in [3.05, 3.63) is 0 Å². The molecule has 0 aliphatic carbocycles. The predicted molar refractivity (Wildman–Crippen MR) is 66.2 cm³/mol. The van der Waals surface area contributed by atoms with Gasteiger partial charge in [-0.25, -0.2) is 4.79 Å². The maximum Gasteiger partial charge on any atom is 0.326 e. The van der Waals surface area contributed by atoms with Gasteiger partial charge in [-0.15, -0.1) is 0 Å². The van der Waals surface area contributed by atoms with Crippen molar-refractivity contribution < 1.29 is 19.8 Å². The van der Waals surface area contributed by atoms with Crippen LogP contribution in [0.5, 0.6) is 0 Å². The van der Waals surface area contributed by atoms with Crippen LogP contribution in [0.25, 0.3) is 0 Å². The molecule has 18 heavy (non-hydrogen) atoms. The molecule has 0 saturated carbocycles. The molecule has 1 aliphatic rings. The SMILES string of the molecule is CN(CCO)CCCC(=O)N1CCCC1C(=O)O. The zero-order chi connectivity index (χ0) is 13.5. The maximum atomic E-state index is 11.9. The molecule has 1 amide bonds. The number of aliphatic carboxylic acids is 1. The van der Waals surface area contributed by atoms with Crippen molar-refractivity contribution in [1.82, 2.24) is 9.80 Å². The quantitative estimate of drug-likeness (QED) is 0.659. The molecule has 1 rings (SSSR count). The number of carbonyl (C=O) groups excluding carboxylic acids is 1. The fourth-order valence-electron chi connectivity index (χ4n) is 2.25. The summed E-state index contributed by atoms with van der Waals surface area (Å²) in [4.78, 5) is 26.3. The van der Waals surface area contributed by atoms with Crippen molar-refractivity contribution in [1.29, 1.82) is 0 Å². The molecular weight excluding hydrogens is 236 g/mol. The third-order valence-electron chi connectivity index (χ3n) is 3.27. The molecule has 1 fully saturated rings. The van der Waals surface area contributed by atoms with Crippen LogP contribution < -0.4 is 0 Å². The van der Waals surface area contributed by atoms with E-state index in [-0.39, 0.29) is 12.5 Å². The average Bonchev–Trinajstić information content (AvgIpc) is 2.78. The molecule has 1 unspecified atom stereocenters. The lowest BCUT2D eigenvalue weighted by Crippen LogP contribution is -2.40. The molecule has 6 heteroatoms. The van der Waals surface area contributed by atoms with Crippen molar-refractivity contribution in [2.24, 2.45) is 0 Å². The monoisotopic (exact) mass is 258 g/mol. The molecule has 1 aliphatic heterocycles. The summed E-state index contributed by atoms with van der Waals surface area (Å²) in [5.74, 6) is -0.976. The summed E-state index contributed by atoms with van der Waals surface area (Å²) < 4.78 is 0. The Balaban J connectivity index is 2.30. The number of likely N-dealkylation sites (tertiary alicyclic amines) is 1. The third-order valence-corrected chi connectivity index (χ3v) is 3.27. The van der Waals surface area contributed by atoms with Crippen LogP contribution in [0.15, 0.2) is 0 Å². The van der Waals surface area contributed by atoms with E-state index in [1.165, 1.54) is 4.90 Å². The van der Waals surface area contributed by atoms with Gasteiger partial charge in [0, 0.05) is 19.5 Å². The Morgan fingerprint density at radius 2 is 2.11 bits per heavy atom. The molecule has 1 atom stereocenters. The second-order valence-electron chi connectivity index (χ2n) is 4.71. The van der Waals surface area contributed by atoms with Gasteiger partial charge in [0.1, 0.15) is 6.04 Å². The number of hydrogen-bond donors (Lipinski definition) is 2. The minimum absolute atomic E-state index is 0.0719. The van der Waals surface area contributed by atoms with E-state index < -0.39 is 12.0 Å². The van der Waals surface area contributed by atoms with Crippen molar-refractivity contribution in [2.75, 3.05) is 33.3 Å². The average molecular weight is 258 g/mol. The van der Waals surface area contributed by atoms with Crippen molar-refractivity contribution in [3.63, 3.8) is 0 Å².